The van der Waals surface area contributed by atoms with E-state index in [0.717, 1.165) is 0 Å². The van der Waals surface area contributed by atoms with Crippen LogP contribution in [0.25, 0.3) is 0 Å². The largest absolute Gasteiger partial charge is 0.480 e. The zero-order valence-electron chi connectivity index (χ0n) is 13.9. The maximum absolute atomic E-state index is 11.4. The lowest BCUT2D eigenvalue weighted by Gasteiger charge is -2.31. The topological polar surface area (TPSA) is 156 Å². The van der Waals surface area contributed by atoms with Crippen molar-refractivity contribution >= 4 is 23.8 Å². The van der Waals surface area contributed by atoms with Gasteiger partial charge < -0.3 is 15.3 Å². The summed E-state index contributed by atoms with van der Waals surface area (Å²) < 4.78 is 0. The van der Waals surface area contributed by atoms with E-state index in [-0.39, 0.29) is 32.8 Å². The van der Waals surface area contributed by atoms with Crippen molar-refractivity contribution in [3.05, 3.63) is 0 Å². The monoisotopic (exact) mass is 347 g/mol. The predicted octanol–water partition coefficient (Wildman–Crippen LogP) is -1.48. The number of rotatable bonds is 8. The molecule has 0 unspecified atom stereocenters. The lowest BCUT2D eigenvalue weighted by atomic mass is 9.79. The van der Waals surface area contributed by atoms with Crippen molar-refractivity contribution in [3.8, 4) is 0 Å². The first-order chi connectivity index (χ1) is 11.3. The van der Waals surface area contributed by atoms with E-state index in [1.807, 2.05) is 0 Å². The van der Waals surface area contributed by atoms with E-state index in [1.165, 1.54) is 4.90 Å². The molecule has 0 aromatic carbocycles. The molecule has 0 spiro atoms. The lowest BCUT2D eigenvalue weighted by molar-refractivity contribution is -0.145. The average Bonchev–Trinajstić information content (AvgIpc) is 2.48. The third-order valence-electron chi connectivity index (χ3n) is 3.72. The van der Waals surface area contributed by atoms with Crippen molar-refractivity contribution < 1.29 is 34.5 Å². The number of aliphatic hydroxyl groups excluding tert-OH is 2. The summed E-state index contributed by atoms with van der Waals surface area (Å²) in [4.78, 5) is 45.2. The summed E-state index contributed by atoms with van der Waals surface area (Å²) in [6.07, 6.45) is 0.795. The van der Waals surface area contributed by atoms with Gasteiger partial charge in [-0.05, 0) is 12.8 Å². The van der Waals surface area contributed by atoms with E-state index in [4.69, 9.17) is 15.3 Å². The minimum atomic E-state index is -1.06. The Bertz CT molecular complexity index is 435. The minimum absolute atomic E-state index is 0.0900. The van der Waals surface area contributed by atoms with Gasteiger partial charge in [0.05, 0.1) is 19.8 Å². The first-order valence-corrected chi connectivity index (χ1v) is 7.60. The van der Waals surface area contributed by atoms with Crippen LogP contribution in [-0.2, 0) is 14.4 Å². The summed E-state index contributed by atoms with van der Waals surface area (Å²) in [6, 6.07) is -0.729. The molecule has 24 heavy (non-hydrogen) atoms. The molecule has 0 saturated carbocycles. The van der Waals surface area contributed by atoms with Crippen LogP contribution in [0, 0.1) is 5.41 Å². The Morgan fingerprint density at radius 3 is 1.71 bits per heavy atom. The van der Waals surface area contributed by atoms with Gasteiger partial charge in [0.25, 0.3) is 0 Å². The number of hydrogen-bond donors (Lipinski definition) is 5. The van der Waals surface area contributed by atoms with Crippen LogP contribution in [0.1, 0.15) is 26.7 Å². The zero-order chi connectivity index (χ0) is 18.8. The first-order valence-electron chi connectivity index (χ1n) is 7.60. The third-order valence-corrected chi connectivity index (χ3v) is 3.72. The van der Waals surface area contributed by atoms with E-state index in [2.05, 4.69) is 10.6 Å². The Balaban J connectivity index is 0.000000449. The highest BCUT2D eigenvalue weighted by Crippen LogP contribution is 2.28. The number of nitrogens with one attached hydrogen (secondary N) is 2. The quantitative estimate of drug-likeness (QED) is 0.333. The summed E-state index contributed by atoms with van der Waals surface area (Å²) in [5, 5.41) is 29.4. The summed E-state index contributed by atoms with van der Waals surface area (Å²) >= 11 is 0. The minimum Gasteiger partial charge on any atom is -0.480 e. The highest BCUT2D eigenvalue weighted by Gasteiger charge is 2.47. The van der Waals surface area contributed by atoms with Gasteiger partial charge >= 0.3 is 12.0 Å². The number of aliphatic hydroxyl groups is 2. The standard InChI is InChI=1S/C8H12N2O3.C6H13NO4/c1-3-8(4-2)5(11)9-7(13)10-6(8)12;8-3-1-7(2-4-9)5-6(10)11/h3-4H2,1-2H3,(H2,9,10,11,12,13);8-9H,1-5H2,(H,10,11). The molecule has 10 heteroatoms. The Morgan fingerprint density at radius 2 is 1.42 bits per heavy atom. The SMILES string of the molecule is CCC1(CC)C(=O)NC(=O)NC1=O.O=C(O)CN(CCO)CCO. The van der Waals surface area contributed by atoms with Crippen molar-refractivity contribution in [1.29, 1.82) is 0 Å². The molecule has 4 amide bonds. The number of urea groups is 1. The van der Waals surface area contributed by atoms with Crippen LogP contribution in [0.2, 0.25) is 0 Å². The van der Waals surface area contributed by atoms with E-state index in [9.17, 15) is 19.2 Å². The van der Waals surface area contributed by atoms with Gasteiger partial charge in [0.2, 0.25) is 11.8 Å². The molecular formula is C14H25N3O7. The average molecular weight is 347 g/mol. The molecule has 0 aromatic rings. The van der Waals surface area contributed by atoms with Crippen molar-refractivity contribution in [2.45, 2.75) is 26.7 Å². The van der Waals surface area contributed by atoms with Crippen LogP contribution >= 0.6 is 0 Å². The number of nitrogens with zero attached hydrogens (tertiary/aromatic N) is 1. The molecule has 1 aliphatic heterocycles. The van der Waals surface area contributed by atoms with Crippen LogP contribution < -0.4 is 10.6 Å². The second kappa shape index (κ2) is 10.7. The molecule has 1 fully saturated rings. The van der Waals surface area contributed by atoms with Gasteiger partial charge in [-0.1, -0.05) is 13.8 Å². The van der Waals surface area contributed by atoms with Crippen LogP contribution in [0.3, 0.4) is 0 Å². The zero-order valence-corrected chi connectivity index (χ0v) is 13.9. The van der Waals surface area contributed by atoms with Crippen molar-refractivity contribution in [1.82, 2.24) is 15.5 Å². The Morgan fingerprint density at radius 1 is 1.00 bits per heavy atom. The smallest absolute Gasteiger partial charge is 0.328 e. The van der Waals surface area contributed by atoms with Gasteiger partial charge in [0.1, 0.15) is 5.41 Å². The van der Waals surface area contributed by atoms with Crippen molar-refractivity contribution in [2.24, 2.45) is 5.41 Å². The van der Waals surface area contributed by atoms with Crippen LogP contribution in [0.4, 0.5) is 4.79 Å². The molecule has 5 N–H and O–H groups in total. The van der Waals surface area contributed by atoms with Gasteiger partial charge in [0.15, 0.2) is 0 Å². The number of imide groups is 2. The van der Waals surface area contributed by atoms with Crippen LogP contribution in [-0.4, -0.2) is 76.9 Å². The number of carbonyl (C=O) groups is 4. The number of aliphatic carboxylic acids is 1. The number of barbiturate groups is 1. The highest BCUT2D eigenvalue weighted by atomic mass is 16.4. The van der Waals surface area contributed by atoms with Crippen molar-refractivity contribution in [2.75, 3.05) is 32.8 Å². The fourth-order valence-electron chi connectivity index (χ4n) is 2.22. The molecule has 0 aromatic heterocycles. The third kappa shape index (κ3) is 6.22. The van der Waals surface area contributed by atoms with Gasteiger partial charge in [-0.3, -0.25) is 29.9 Å². The van der Waals surface area contributed by atoms with Crippen LogP contribution in [0.5, 0.6) is 0 Å². The maximum Gasteiger partial charge on any atom is 0.328 e. The number of amides is 4. The molecule has 1 aliphatic rings. The molecule has 138 valence electrons. The fraction of sp³-hybridized carbons (Fsp3) is 0.714. The second-order valence-electron chi connectivity index (χ2n) is 5.14. The Hall–Kier alpha value is -2.04. The summed E-state index contributed by atoms with van der Waals surface area (Å²) in [7, 11) is 0. The molecular weight excluding hydrogens is 322 g/mol. The maximum atomic E-state index is 11.4. The number of carboxylic acids is 1. The molecule has 1 saturated heterocycles. The fourth-order valence-corrected chi connectivity index (χ4v) is 2.22. The summed E-state index contributed by atoms with van der Waals surface area (Å²) in [6.45, 7) is 3.75. The second-order valence-corrected chi connectivity index (χ2v) is 5.14. The number of carboxylic acid groups (broad SMARTS) is 1. The number of hydrogen-bond acceptors (Lipinski definition) is 7. The Labute approximate surface area is 139 Å². The highest BCUT2D eigenvalue weighted by molar-refractivity contribution is 6.19. The van der Waals surface area contributed by atoms with Gasteiger partial charge in [-0.25, -0.2) is 4.79 Å². The van der Waals surface area contributed by atoms with Crippen LogP contribution in [0.15, 0.2) is 0 Å². The van der Waals surface area contributed by atoms with E-state index in [0.29, 0.717) is 12.8 Å². The lowest BCUT2D eigenvalue weighted by Crippen LogP contribution is -2.61. The van der Waals surface area contributed by atoms with Gasteiger partial charge in [0, 0.05) is 13.1 Å². The predicted molar refractivity (Wildman–Crippen MR) is 82.9 cm³/mol. The molecule has 1 heterocycles. The van der Waals surface area contributed by atoms with E-state index >= 15 is 0 Å². The molecule has 0 bridgehead atoms. The molecule has 1 rings (SSSR count). The molecule has 0 radical (unpaired) electrons. The van der Waals surface area contributed by atoms with Gasteiger partial charge in [-0.2, -0.15) is 0 Å². The van der Waals surface area contributed by atoms with E-state index in [1.54, 1.807) is 13.8 Å². The first kappa shape index (κ1) is 22.0. The van der Waals surface area contributed by atoms with Crippen molar-refractivity contribution in [3.63, 3.8) is 0 Å². The summed E-state index contributed by atoms with van der Waals surface area (Å²) in [5.41, 5.74) is -1.06. The number of carbonyl (C=O) groups excluding carboxylic acids is 3. The molecule has 0 aliphatic carbocycles. The molecule has 0 atom stereocenters. The van der Waals surface area contributed by atoms with E-state index < -0.39 is 29.2 Å². The summed E-state index contributed by atoms with van der Waals surface area (Å²) in [5.74, 6) is -1.94. The van der Waals surface area contributed by atoms with Gasteiger partial charge in [-0.15, -0.1) is 0 Å². The Kier molecular flexibility index (Phi) is 9.77. The normalized spacial score (nSPS) is 16.1. The molecule has 10 nitrogen and oxygen atoms in total.